The van der Waals surface area contributed by atoms with Crippen molar-refractivity contribution < 1.29 is 23.8 Å². The molecule has 0 aliphatic rings. The summed E-state index contributed by atoms with van der Waals surface area (Å²) in [7, 11) is 1.16. The molecule has 1 rings (SSSR count). The van der Waals surface area contributed by atoms with Crippen LogP contribution in [0.2, 0.25) is 0 Å². The van der Waals surface area contributed by atoms with E-state index in [9.17, 15) is 9.59 Å². The van der Waals surface area contributed by atoms with Gasteiger partial charge in [-0.3, -0.25) is 9.59 Å². The Morgan fingerprint density at radius 1 is 1.64 bits per heavy atom. The zero-order valence-corrected chi connectivity index (χ0v) is 7.60. The highest BCUT2D eigenvalue weighted by Gasteiger charge is 2.27. The van der Waals surface area contributed by atoms with Crippen LogP contribution < -0.4 is 0 Å². The Labute approximate surface area is 80.3 Å². The van der Waals surface area contributed by atoms with E-state index in [0.29, 0.717) is 5.56 Å². The molecule has 5 nitrogen and oxygen atoms in total. The molecule has 1 aromatic heterocycles. The highest BCUT2D eigenvalue weighted by molar-refractivity contribution is 5.94. The van der Waals surface area contributed by atoms with Crippen LogP contribution in [0.15, 0.2) is 23.0 Å². The van der Waals surface area contributed by atoms with Gasteiger partial charge in [0.05, 0.1) is 19.6 Å². The minimum atomic E-state index is -1.20. The smallest absolute Gasteiger partial charge is 0.320 e. The van der Waals surface area contributed by atoms with Gasteiger partial charge in [-0.15, -0.1) is 0 Å². The molecule has 5 heteroatoms. The zero-order valence-electron chi connectivity index (χ0n) is 7.60. The highest BCUT2D eigenvalue weighted by Crippen LogP contribution is 2.11. The number of furan rings is 1. The van der Waals surface area contributed by atoms with Crippen molar-refractivity contribution in [2.45, 2.75) is 6.42 Å². The number of hydrogen-bond acceptors (Lipinski definition) is 4. The molecule has 0 aliphatic carbocycles. The molecule has 1 heterocycles. The molecule has 0 saturated heterocycles. The maximum atomic E-state index is 11.0. The van der Waals surface area contributed by atoms with Crippen LogP contribution in [0.4, 0.5) is 0 Å². The largest absolute Gasteiger partial charge is 0.481 e. The fraction of sp³-hybridized carbons (Fsp3) is 0.333. The van der Waals surface area contributed by atoms with Crippen molar-refractivity contribution in [2.75, 3.05) is 7.11 Å². The molecule has 1 unspecified atom stereocenters. The van der Waals surface area contributed by atoms with Crippen LogP contribution in [0.3, 0.4) is 0 Å². The molecule has 1 aromatic rings. The highest BCUT2D eigenvalue weighted by atomic mass is 16.5. The van der Waals surface area contributed by atoms with Crippen LogP contribution in [0.25, 0.3) is 0 Å². The first-order valence-corrected chi connectivity index (χ1v) is 3.97. The van der Waals surface area contributed by atoms with Gasteiger partial charge in [0, 0.05) is 0 Å². The van der Waals surface area contributed by atoms with Crippen LogP contribution in [0.5, 0.6) is 0 Å². The first-order chi connectivity index (χ1) is 6.65. The number of hydrogen-bond donors (Lipinski definition) is 1. The van der Waals surface area contributed by atoms with E-state index in [0.717, 1.165) is 7.11 Å². The van der Waals surface area contributed by atoms with Gasteiger partial charge in [-0.25, -0.2) is 0 Å². The minimum absolute atomic E-state index is 0.0819. The predicted octanol–water partition coefficient (Wildman–Crippen LogP) is 0.696. The number of esters is 1. The Balaban J connectivity index is 2.70. The summed E-state index contributed by atoms with van der Waals surface area (Å²) < 4.78 is 9.14. The zero-order chi connectivity index (χ0) is 10.6. The summed E-state index contributed by atoms with van der Waals surface area (Å²) >= 11 is 0. The van der Waals surface area contributed by atoms with Gasteiger partial charge in [0.15, 0.2) is 5.92 Å². The van der Waals surface area contributed by atoms with Crippen molar-refractivity contribution in [2.24, 2.45) is 5.92 Å². The summed E-state index contributed by atoms with van der Waals surface area (Å²) in [6.45, 7) is 0. The maximum absolute atomic E-state index is 11.0. The molecule has 14 heavy (non-hydrogen) atoms. The number of aliphatic carboxylic acids is 1. The van der Waals surface area contributed by atoms with Gasteiger partial charge in [0.1, 0.15) is 0 Å². The van der Waals surface area contributed by atoms with Crippen molar-refractivity contribution in [3.63, 3.8) is 0 Å². The third-order valence-electron chi connectivity index (χ3n) is 1.80. The second-order valence-electron chi connectivity index (χ2n) is 2.75. The average molecular weight is 198 g/mol. The van der Waals surface area contributed by atoms with Gasteiger partial charge in [-0.1, -0.05) is 0 Å². The number of ether oxygens (including phenoxy) is 1. The number of methoxy groups -OCH3 is 1. The van der Waals surface area contributed by atoms with Crippen molar-refractivity contribution in [1.82, 2.24) is 0 Å². The van der Waals surface area contributed by atoms with E-state index in [1.165, 1.54) is 12.5 Å². The van der Waals surface area contributed by atoms with Crippen LogP contribution in [-0.4, -0.2) is 24.2 Å². The summed E-state index contributed by atoms with van der Waals surface area (Å²) in [5.74, 6) is -3.12. The Kier molecular flexibility index (Phi) is 3.28. The SMILES string of the molecule is COC(=O)C(Cc1ccoc1)C(=O)O. The molecule has 0 radical (unpaired) electrons. The van der Waals surface area contributed by atoms with Gasteiger partial charge in [-0.2, -0.15) is 0 Å². The Morgan fingerprint density at radius 3 is 2.79 bits per heavy atom. The van der Waals surface area contributed by atoms with E-state index < -0.39 is 17.9 Å². The molecule has 76 valence electrons. The lowest BCUT2D eigenvalue weighted by atomic mass is 10.0. The molecule has 0 aromatic carbocycles. The van der Waals surface area contributed by atoms with E-state index in [1.54, 1.807) is 6.07 Å². The quantitative estimate of drug-likeness (QED) is 0.569. The number of carboxylic acid groups (broad SMARTS) is 1. The van der Waals surface area contributed by atoms with Gasteiger partial charge < -0.3 is 14.3 Å². The van der Waals surface area contributed by atoms with Crippen molar-refractivity contribution in [3.8, 4) is 0 Å². The van der Waals surface area contributed by atoms with E-state index in [2.05, 4.69) is 4.74 Å². The van der Waals surface area contributed by atoms with Crippen molar-refractivity contribution in [3.05, 3.63) is 24.2 Å². The summed E-state index contributed by atoms with van der Waals surface area (Å²) in [6.07, 6.45) is 2.91. The van der Waals surface area contributed by atoms with Crippen molar-refractivity contribution in [1.29, 1.82) is 0 Å². The standard InChI is InChI=1S/C9H10O5/c1-13-9(12)7(8(10)11)4-6-2-3-14-5-6/h2-3,5,7H,4H2,1H3,(H,10,11). The van der Waals surface area contributed by atoms with Gasteiger partial charge in [0.25, 0.3) is 0 Å². The lowest BCUT2D eigenvalue weighted by Crippen LogP contribution is -2.26. The first-order valence-electron chi connectivity index (χ1n) is 3.97. The number of carbonyl (C=O) groups is 2. The van der Waals surface area contributed by atoms with Gasteiger partial charge in [-0.05, 0) is 18.1 Å². The lowest BCUT2D eigenvalue weighted by molar-refractivity contribution is -0.156. The lowest BCUT2D eigenvalue weighted by Gasteiger charge is -2.07. The van der Waals surface area contributed by atoms with Gasteiger partial charge in [0.2, 0.25) is 0 Å². The molecule has 0 aliphatic heterocycles. The van der Waals surface area contributed by atoms with Crippen LogP contribution in [0, 0.1) is 5.92 Å². The van der Waals surface area contributed by atoms with Gasteiger partial charge >= 0.3 is 11.9 Å². The second kappa shape index (κ2) is 4.45. The normalized spacial score (nSPS) is 12.1. The fourth-order valence-corrected chi connectivity index (χ4v) is 1.06. The molecular formula is C9H10O5. The van der Waals surface area contributed by atoms with Crippen molar-refractivity contribution >= 4 is 11.9 Å². The number of carbonyl (C=O) groups excluding carboxylic acids is 1. The van der Waals surface area contributed by atoms with Crippen LogP contribution in [0.1, 0.15) is 5.56 Å². The molecule has 0 saturated carbocycles. The molecule has 0 spiro atoms. The Morgan fingerprint density at radius 2 is 2.36 bits per heavy atom. The maximum Gasteiger partial charge on any atom is 0.320 e. The Bertz CT molecular complexity index is 314. The summed E-state index contributed by atoms with van der Waals surface area (Å²) in [5, 5.41) is 8.74. The first kappa shape index (κ1) is 10.3. The number of rotatable bonds is 4. The topological polar surface area (TPSA) is 76.7 Å². The molecule has 0 fully saturated rings. The fourth-order valence-electron chi connectivity index (χ4n) is 1.06. The van der Waals surface area contributed by atoms with Crippen LogP contribution >= 0.6 is 0 Å². The average Bonchev–Trinajstić information content (AvgIpc) is 2.65. The predicted molar refractivity (Wildman–Crippen MR) is 45.6 cm³/mol. The third-order valence-corrected chi connectivity index (χ3v) is 1.80. The molecular weight excluding hydrogens is 188 g/mol. The minimum Gasteiger partial charge on any atom is -0.481 e. The molecule has 1 atom stereocenters. The summed E-state index contributed by atoms with van der Waals surface area (Å²) in [5.41, 5.74) is 0.655. The van der Waals surface area contributed by atoms with E-state index in [4.69, 9.17) is 9.52 Å². The summed E-state index contributed by atoms with van der Waals surface area (Å²) in [6, 6.07) is 1.61. The molecule has 0 amide bonds. The monoisotopic (exact) mass is 198 g/mol. The molecule has 0 bridgehead atoms. The van der Waals surface area contributed by atoms with E-state index in [-0.39, 0.29) is 6.42 Å². The number of carboxylic acids is 1. The van der Waals surface area contributed by atoms with E-state index >= 15 is 0 Å². The second-order valence-corrected chi connectivity index (χ2v) is 2.75. The Hall–Kier alpha value is -1.78. The van der Waals surface area contributed by atoms with E-state index in [1.807, 2.05) is 0 Å². The summed E-state index contributed by atoms with van der Waals surface area (Å²) in [4.78, 5) is 21.7. The molecule has 1 N–H and O–H groups in total. The van der Waals surface area contributed by atoms with Crippen LogP contribution in [-0.2, 0) is 20.7 Å². The third kappa shape index (κ3) is 2.35.